The Balaban J connectivity index is 1.80. The Morgan fingerprint density at radius 3 is 2.82 bits per heavy atom. The van der Waals surface area contributed by atoms with Crippen molar-refractivity contribution in [2.24, 2.45) is 0 Å². The summed E-state index contributed by atoms with van der Waals surface area (Å²) in [4.78, 5) is 29.7. The Labute approximate surface area is 166 Å². The van der Waals surface area contributed by atoms with E-state index in [0.717, 1.165) is 0 Å². The molecular weight excluding hydrogens is 378 g/mol. The molecule has 2 heterocycles. The summed E-state index contributed by atoms with van der Waals surface area (Å²) in [7, 11) is 0. The molecule has 0 unspecified atom stereocenters. The maximum atomic E-state index is 12.8. The maximum Gasteiger partial charge on any atom is 0.262 e. The standard InChI is InChI=1S/C19H23N5O3S/c1-13(2)24-16(8-9-20-24)22-17(26)12-28-19-21-15-7-4-3-6-14(15)18(27)23(19)10-5-11-25/h3-4,6-9,13,25H,5,10-12H2,1-2H3,(H,22,26). The van der Waals surface area contributed by atoms with E-state index in [1.54, 1.807) is 35.1 Å². The van der Waals surface area contributed by atoms with Gasteiger partial charge in [-0.15, -0.1) is 0 Å². The quantitative estimate of drug-likeness (QED) is 0.444. The molecule has 1 amide bonds. The van der Waals surface area contributed by atoms with Crippen LogP contribution in [-0.4, -0.2) is 42.7 Å². The highest BCUT2D eigenvalue weighted by molar-refractivity contribution is 7.99. The number of aliphatic hydroxyl groups is 1. The molecule has 0 saturated heterocycles. The van der Waals surface area contributed by atoms with Gasteiger partial charge in [-0.1, -0.05) is 23.9 Å². The van der Waals surface area contributed by atoms with Crippen molar-refractivity contribution >= 4 is 34.4 Å². The van der Waals surface area contributed by atoms with Crippen LogP contribution in [0.5, 0.6) is 0 Å². The molecule has 0 saturated carbocycles. The first-order valence-electron chi connectivity index (χ1n) is 9.08. The Kier molecular flexibility index (Phi) is 6.48. The van der Waals surface area contributed by atoms with Gasteiger partial charge in [0.15, 0.2) is 5.16 Å². The Morgan fingerprint density at radius 1 is 1.29 bits per heavy atom. The van der Waals surface area contributed by atoms with Gasteiger partial charge < -0.3 is 10.4 Å². The van der Waals surface area contributed by atoms with Crippen LogP contribution in [0, 0.1) is 0 Å². The lowest BCUT2D eigenvalue weighted by molar-refractivity contribution is -0.113. The van der Waals surface area contributed by atoms with E-state index in [1.165, 1.54) is 16.3 Å². The molecule has 0 atom stereocenters. The van der Waals surface area contributed by atoms with Gasteiger partial charge in [-0.25, -0.2) is 9.67 Å². The minimum atomic E-state index is -0.205. The molecule has 1 aromatic carbocycles. The smallest absolute Gasteiger partial charge is 0.262 e. The Hall–Kier alpha value is -2.65. The van der Waals surface area contributed by atoms with Crippen LogP contribution in [0.3, 0.4) is 0 Å². The third-order valence-corrected chi connectivity index (χ3v) is 5.10. The number of carbonyl (C=O) groups is 1. The van der Waals surface area contributed by atoms with E-state index in [2.05, 4.69) is 15.4 Å². The van der Waals surface area contributed by atoms with Crippen LogP contribution in [0.2, 0.25) is 0 Å². The molecule has 0 spiro atoms. The van der Waals surface area contributed by atoms with Gasteiger partial charge in [-0.2, -0.15) is 5.10 Å². The summed E-state index contributed by atoms with van der Waals surface area (Å²) in [5.74, 6) is 0.529. The van der Waals surface area contributed by atoms with Crippen LogP contribution in [0.15, 0.2) is 46.5 Å². The van der Waals surface area contributed by atoms with Crippen LogP contribution in [0.4, 0.5) is 5.82 Å². The average molecular weight is 401 g/mol. The normalized spacial score (nSPS) is 11.3. The number of fused-ring (bicyclic) bond motifs is 1. The van der Waals surface area contributed by atoms with Crippen molar-refractivity contribution in [3.8, 4) is 0 Å². The molecule has 0 aliphatic carbocycles. The van der Waals surface area contributed by atoms with Crippen molar-refractivity contribution in [2.75, 3.05) is 17.7 Å². The second kappa shape index (κ2) is 9.03. The van der Waals surface area contributed by atoms with E-state index >= 15 is 0 Å². The van der Waals surface area contributed by atoms with E-state index in [9.17, 15) is 9.59 Å². The topological polar surface area (TPSA) is 102 Å². The van der Waals surface area contributed by atoms with E-state index in [1.807, 2.05) is 19.9 Å². The van der Waals surface area contributed by atoms with Gasteiger partial charge in [0.25, 0.3) is 5.56 Å². The van der Waals surface area contributed by atoms with Crippen LogP contribution < -0.4 is 10.9 Å². The third kappa shape index (κ3) is 4.42. The van der Waals surface area contributed by atoms with Crippen molar-refractivity contribution < 1.29 is 9.90 Å². The fraction of sp³-hybridized carbons (Fsp3) is 0.368. The van der Waals surface area contributed by atoms with Gasteiger partial charge in [0, 0.05) is 25.3 Å². The number of hydrogen-bond acceptors (Lipinski definition) is 6. The number of nitrogens with zero attached hydrogens (tertiary/aromatic N) is 4. The number of hydrogen-bond donors (Lipinski definition) is 2. The molecule has 0 fully saturated rings. The molecule has 3 aromatic rings. The SMILES string of the molecule is CC(C)n1nccc1NC(=O)CSc1nc2ccccc2c(=O)n1CCCO. The molecule has 2 aromatic heterocycles. The second-order valence-electron chi connectivity index (χ2n) is 6.54. The molecule has 8 nitrogen and oxygen atoms in total. The summed E-state index contributed by atoms with van der Waals surface area (Å²) in [6.45, 7) is 4.28. The number of benzene rings is 1. The number of amides is 1. The lowest BCUT2D eigenvalue weighted by atomic mass is 10.2. The predicted octanol–water partition coefficient (Wildman–Crippen LogP) is 2.29. The summed E-state index contributed by atoms with van der Waals surface area (Å²) in [5, 5.41) is 17.2. The van der Waals surface area contributed by atoms with Crippen molar-refractivity contribution in [3.05, 3.63) is 46.9 Å². The highest BCUT2D eigenvalue weighted by Crippen LogP contribution is 2.19. The first-order valence-corrected chi connectivity index (χ1v) is 10.1. The lowest BCUT2D eigenvalue weighted by Crippen LogP contribution is -2.25. The summed E-state index contributed by atoms with van der Waals surface area (Å²) >= 11 is 1.20. The van der Waals surface area contributed by atoms with Crippen molar-refractivity contribution in [1.82, 2.24) is 19.3 Å². The van der Waals surface area contributed by atoms with Gasteiger partial charge >= 0.3 is 0 Å². The van der Waals surface area contributed by atoms with E-state index < -0.39 is 0 Å². The average Bonchev–Trinajstić information content (AvgIpc) is 3.14. The van der Waals surface area contributed by atoms with Crippen LogP contribution in [-0.2, 0) is 11.3 Å². The number of anilines is 1. The largest absolute Gasteiger partial charge is 0.396 e. The molecule has 28 heavy (non-hydrogen) atoms. The van der Waals surface area contributed by atoms with Gasteiger partial charge in [-0.3, -0.25) is 14.2 Å². The lowest BCUT2D eigenvalue weighted by Gasteiger charge is -2.13. The number of aliphatic hydroxyl groups excluding tert-OH is 1. The maximum absolute atomic E-state index is 12.8. The van der Waals surface area contributed by atoms with Crippen molar-refractivity contribution in [3.63, 3.8) is 0 Å². The number of rotatable bonds is 8. The fourth-order valence-electron chi connectivity index (χ4n) is 2.82. The van der Waals surface area contributed by atoms with E-state index in [0.29, 0.717) is 34.8 Å². The zero-order valence-electron chi connectivity index (χ0n) is 15.8. The highest BCUT2D eigenvalue weighted by Gasteiger charge is 2.14. The highest BCUT2D eigenvalue weighted by atomic mass is 32.2. The van der Waals surface area contributed by atoms with Gasteiger partial charge in [-0.05, 0) is 32.4 Å². The predicted molar refractivity (Wildman–Crippen MR) is 110 cm³/mol. The van der Waals surface area contributed by atoms with Crippen LogP contribution in [0.25, 0.3) is 10.9 Å². The van der Waals surface area contributed by atoms with Crippen molar-refractivity contribution in [1.29, 1.82) is 0 Å². The summed E-state index contributed by atoms with van der Waals surface area (Å²) in [6.07, 6.45) is 2.08. The first kappa shape index (κ1) is 20.1. The van der Waals surface area contributed by atoms with Gasteiger partial charge in [0.05, 0.1) is 22.9 Å². The number of para-hydroxylation sites is 1. The molecule has 0 aliphatic rings. The molecular formula is C19H23N5O3S. The summed E-state index contributed by atoms with van der Waals surface area (Å²) in [5.41, 5.74) is 0.424. The minimum Gasteiger partial charge on any atom is -0.396 e. The zero-order chi connectivity index (χ0) is 20.1. The molecule has 3 rings (SSSR count). The molecule has 0 radical (unpaired) electrons. The summed E-state index contributed by atoms with van der Waals surface area (Å²) < 4.78 is 3.25. The van der Waals surface area contributed by atoms with Crippen LogP contribution in [0.1, 0.15) is 26.3 Å². The fourth-order valence-corrected chi connectivity index (χ4v) is 3.64. The zero-order valence-corrected chi connectivity index (χ0v) is 16.6. The molecule has 2 N–H and O–H groups in total. The molecule has 0 bridgehead atoms. The van der Waals surface area contributed by atoms with E-state index in [4.69, 9.17) is 5.11 Å². The third-order valence-electron chi connectivity index (χ3n) is 4.13. The first-order chi connectivity index (χ1) is 13.5. The summed E-state index contributed by atoms with van der Waals surface area (Å²) in [6, 6.07) is 8.99. The molecule has 0 aliphatic heterocycles. The molecule has 9 heteroatoms. The number of aromatic nitrogens is 4. The Morgan fingerprint density at radius 2 is 2.07 bits per heavy atom. The van der Waals surface area contributed by atoms with E-state index in [-0.39, 0.29) is 29.9 Å². The van der Waals surface area contributed by atoms with Crippen molar-refractivity contribution in [2.45, 2.75) is 38.0 Å². The van der Waals surface area contributed by atoms with Crippen LogP contribution >= 0.6 is 11.8 Å². The number of carbonyl (C=O) groups excluding carboxylic acids is 1. The molecule has 148 valence electrons. The number of nitrogens with one attached hydrogen (secondary N) is 1. The van der Waals surface area contributed by atoms with Gasteiger partial charge in [0.2, 0.25) is 5.91 Å². The Bertz CT molecular complexity index is 1030. The second-order valence-corrected chi connectivity index (χ2v) is 7.48. The minimum absolute atomic E-state index is 0.0248. The van der Waals surface area contributed by atoms with Gasteiger partial charge in [0.1, 0.15) is 5.82 Å². The number of thioether (sulfide) groups is 1. The monoisotopic (exact) mass is 401 g/mol.